The lowest BCUT2D eigenvalue weighted by atomic mass is 10.1. The molecule has 0 radical (unpaired) electrons. The first-order valence-electron chi connectivity index (χ1n) is 8.24. The predicted molar refractivity (Wildman–Crippen MR) is 90.3 cm³/mol. The van der Waals surface area contributed by atoms with Crippen molar-refractivity contribution in [2.24, 2.45) is 0 Å². The van der Waals surface area contributed by atoms with Gasteiger partial charge in [0.2, 0.25) is 0 Å². The Morgan fingerprint density at radius 1 is 1.48 bits per heavy atom. The second kappa shape index (κ2) is 8.26. The zero-order chi connectivity index (χ0) is 16.8. The van der Waals surface area contributed by atoms with Crippen molar-refractivity contribution in [3.63, 3.8) is 0 Å². The van der Waals surface area contributed by atoms with Crippen molar-refractivity contribution in [2.45, 2.75) is 38.9 Å². The number of hydrogen-bond acceptors (Lipinski definition) is 4. The summed E-state index contributed by atoms with van der Waals surface area (Å²) in [5.74, 6) is 0. The van der Waals surface area contributed by atoms with E-state index in [9.17, 15) is 4.79 Å². The molecule has 1 aromatic rings. The number of ether oxygens (including phenoxy) is 1. The zero-order valence-corrected chi connectivity index (χ0v) is 14.5. The Morgan fingerprint density at radius 3 is 2.83 bits per heavy atom. The SMILES string of the molecule is C[C@H](c1ccncc1)N(C)C(=O)NC[C@@H](C)N1CCOC[C@H]1C. The number of nitrogens with zero attached hydrogens (tertiary/aromatic N) is 3. The standard InChI is InChI=1S/C17H28N4O2/c1-13(21-9-10-23-12-14(21)2)11-19-17(22)20(4)15(3)16-5-7-18-8-6-16/h5-8,13-15H,9-12H2,1-4H3,(H,19,22)/t13-,14-,15-/m1/s1. The summed E-state index contributed by atoms with van der Waals surface area (Å²) < 4.78 is 5.46. The van der Waals surface area contributed by atoms with E-state index in [1.165, 1.54) is 0 Å². The minimum Gasteiger partial charge on any atom is -0.379 e. The van der Waals surface area contributed by atoms with Gasteiger partial charge in [0.15, 0.2) is 0 Å². The number of pyridine rings is 1. The lowest BCUT2D eigenvalue weighted by molar-refractivity contribution is -0.0178. The molecule has 1 N–H and O–H groups in total. The first-order valence-corrected chi connectivity index (χ1v) is 8.24. The topological polar surface area (TPSA) is 57.7 Å². The largest absolute Gasteiger partial charge is 0.379 e. The summed E-state index contributed by atoms with van der Waals surface area (Å²) in [6.45, 7) is 9.41. The van der Waals surface area contributed by atoms with Gasteiger partial charge in [0.25, 0.3) is 0 Å². The molecule has 0 aromatic carbocycles. The van der Waals surface area contributed by atoms with Crippen LogP contribution in [0.5, 0.6) is 0 Å². The third kappa shape index (κ3) is 4.65. The molecule has 1 aliphatic rings. The molecule has 0 spiro atoms. The number of morpholine rings is 1. The number of amides is 2. The lowest BCUT2D eigenvalue weighted by Gasteiger charge is -2.38. The van der Waals surface area contributed by atoms with Crippen LogP contribution in [0.25, 0.3) is 0 Å². The van der Waals surface area contributed by atoms with E-state index in [-0.39, 0.29) is 12.1 Å². The van der Waals surface area contributed by atoms with Crippen LogP contribution in [0.1, 0.15) is 32.4 Å². The fourth-order valence-corrected chi connectivity index (χ4v) is 2.91. The van der Waals surface area contributed by atoms with E-state index >= 15 is 0 Å². The minimum absolute atomic E-state index is 0.00983. The maximum atomic E-state index is 12.4. The first kappa shape index (κ1) is 17.7. The average molecular weight is 320 g/mol. The highest BCUT2D eigenvalue weighted by Gasteiger charge is 2.24. The monoisotopic (exact) mass is 320 g/mol. The molecule has 1 saturated heterocycles. The molecule has 1 aliphatic heterocycles. The van der Waals surface area contributed by atoms with E-state index in [1.807, 2.05) is 26.1 Å². The molecule has 6 nitrogen and oxygen atoms in total. The van der Waals surface area contributed by atoms with Gasteiger partial charge in [-0.25, -0.2) is 4.79 Å². The van der Waals surface area contributed by atoms with Crippen molar-refractivity contribution in [3.8, 4) is 0 Å². The summed E-state index contributed by atoms with van der Waals surface area (Å²) in [6, 6.07) is 4.52. The summed E-state index contributed by atoms with van der Waals surface area (Å²) in [6.07, 6.45) is 3.50. The Morgan fingerprint density at radius 2 is 2.17 bits per heavy atom. The number of nitrogens with one attached hydrogen (secondary N) is 1. The molecule has 0 aliphatic carbocycles. The third-order valence-electron chi connectivity index (χ3n) is 4.62. The number of carbonyl (C=O) groups is 1. The van der Waals surface area contributed by atoms with Crippen LogP contribution in [-0.2, 0) is 4.74 Å². The fraction of sp³-hybridized carbons (Fsp3) is 0.647. The van der Waals surface area contributed by atoms with Gasteiger partial charge in [-0.05, 0) is 38.5 Å². The van der Waals surface area contributed by atoms with Crippen LogP contribution in [0, 0.1) is 0 Å². The van der Waals surface area contributed by atoms with Gasteiger partial charge in [0, 0.05) is 44.6 Å². The van der Waals surface area contributed by atoms with Gasteiger partial charge < -0.3 is 15.0 Å². The number of carbonyl (C=O) groups excluding carboxylic acids is 1. The van der Waals surface area contributed by atoms with Crippen LogP contribution >= 0.6 is 0 Å². The van der Waals surface area contributed by atoms with Crippen molar-refractivity contribution in [1.29, 1.82) is 0 Å². The van der Waals surface area contributed by atoms with E-state index in [0.717, 1.165) is 25.3 Å². The van der Waals surface area contributed by atoms with Gasteiger partial charge in [-0.15, -0.1) is 0 Å². The van der Waals surface area contributed by atoms with Crippen LogP contribution in [0.4, 0.5) is 4.79 Å². The summed E-state index contributed by atoms with van der Waals surface area (Å²) in [5.41, 5.74) is 1.08. The minimum atomic E-state index is -0.0536. The summed E-state index contributed by atoms with van der Waals surface area (Å²) in [7, 11) is 1.82. The van der Waals surface area contributed by atoms with E-state index in [1.54, 1.807) is 17.3 Å². The van der Waals surface area contributed by atoms with E-state index in [2.05, 4.69) is 29.0 Å². The van der Waals surface area contributed by atoms with Crippen LogP contribution in [0.15, 0.2) is 24.5 Å². The van der Waals surface area contributed by atoms with Gasteiger partial charge in [-0.3, -0.25) is 9.88 Å². The Labute approximate surface area is 138 Å². The van der Waals surface area contributed by atoms with Gasteiger partial charge in [-0.2, -0.15) is 0 Å². The lowest BCUT2D eigenvalue weighted by Crippen LogP contribution is -2.53. The molecular formula is C17H28N4O2. The molecule has 3 atom stereocenters. The number of urea groups is 1. The highest BCUT2D eigenvalue weighted by Crippen LogP contribution is 2.17. The normalized spacial score (nSPS) is 21.5. The molecular weight excluding hydrogens is 292 g/mol. The highest BCUT2D eigenvalue weighted by molar-refractivity contribution is 5.74. The molecule has 2 rings (SSSR count). The molecule has 128 valence electrons. The van der Waals surface area contributed by atoms with Crippen LogP contribution in [0.3, 0.4) is 0 Å². The molecule has 0 unspecified atom stereocenters. The average Bonchev–Trinajstić information content (AvgIpc) is 2.59. The molecule has 1 aromatic heterocycles. The molecule has 0 bridgehead atoms. The zero-order valence-electron chi connectivity index (χ0n) is 14.5. The van der Waals surface area contributed by atoms with Crippen molar-refractivity contribution in [1.82, 2.24) is 20.1 Å². The molecule has 2 amide bonds. The molecule has 2 heterocycles. The Kier molecular flexibility index (Phi) is 6.36. The molecule has 0 saturated carbocycles. The predicted octanol–water partition coefficient (Wildman–Crippen LogP) is 1.89. The number of hydrogen-bond donors (Lipinski definition) is 1. The Bertz CT molecular complexity index is 497. The summed E-state index contributed by atoms with van der Waals surface area (Å²) >= 11 is 0. The van der Waals surface area contributed by atoms with Crippen molar-refractivity contribution >= 4 is 6.03 Å². The second-order valence-electron chi connectivity index (χ2n) is 6.26. The third-order valence-corrected chi connectivity index (χ3v) is 4.62. The van der Waals surface area contributed by atoms with Gasteiger partial charge in [0.1, 0.15) is 0 Å². The van der Waals surface area contributed by atoms with Crippen LogP contribution in [0.2, 0.25) is 0 Å². The quantitative estimate of drug-likeness (QED) is 0.900. The Hall–Kier alpha value is -1.66. The first-order chi connectivity index (χ1) is 11.0. The van der Waals surface area contributed by atoms with Gasteiger partial charge in [0.05, 0.1) is 19.3 Å². The summed E-state index contributed by atoms with van der Waals surface area (Å²) in [4.78, 5) is 20.5. The van der Waals surface area contributed by atoms with Crippen molar-refractivity contribution in [3.05, 3.63) is 30.1 Å². The maximum Gasteiger partial charge on any atom is 0.317 e. The van der Waals surface area contributed by atoms with Crippen LogP contribution in [-0.4, -0.2) is 66.2 Å². The molecule has 23 heavy (non-hydrogen) atoms. The number of rotatable bonds is 5. The van der Waals surface area contributed by atoms with E-state index < -0.39 is 0 Å². The van der Waals surface area contributed by atoms with Gasteiger partial charge in [-0.1, -0.05) is 0 Å². The Balaban J connectivity index is 1.84. The molecule has 1 fully saturated rings. The van der Waals surface area contributed by atoms with E-state index in [4.69, 9.17) is 4.74 Å². The molecule has 6 heteroatoms. The smallest absolute Gasteiger partial charge is 0.317 e. The number of aromatic nitrogens is 1. The summed E-state index contributed by atoms with van der Waals surface area (Å²) in [5, 5.41) is 3.04. The fourth-order valence-electron chi connectivity index (χ4n) is 2.91. The second-order valence-corrected chi connectivity index (χ2v) is 6.26. The van der Waals surface area contributed by atoms with Crippen molar-refractivity contribution < 1.29 is 9.53 Å². The van der Waals surface area contributed by atoms with Crippen LogP contribution < -0.4 is 5.32 Å². The maximum absolute atomic E-state index is 12.4. The van der Waals surface area contributed by atoms with Crippen molar-refractivity contribution in [2.75, 3.05) is 33.4 Å². The highest BCUT2D eigenvalue weighted by atomic mass is 16.5. The van der Waals surface area contributed by atoms with E-state index in [0.29, 0.717) is 18.6 Å². The van der Waals surface area contributed by atoms with Gasteiger partial charge >= 0.3 is 6.03 Å².